The lowest BCUT2D eigenvalue weighted by atomic mass is 10.3. The molecule has 0 radical (unpaired) electrons. The van der Waals surface area contributed by atoms with Gasteiger partial charge in [0, 0.05) is 38.7 Å². The predicted octanol–water partition coefficient (Wildman–Crippen LogP) is 1.56. The molecule has 2 aliphatic heterocycles. The van der Waals surface area contributed by atoms with Crippen molar-refractivity contribution in [1.82, 2.24) is 9.21 Å². The smallest absolute Gasteiger partial charge is 0.243 e. The van der Waals surface area contributed by atoms with Crippen LogP contribution in [-0.2, 0) is 10.0 Å². The lowest BCUT2D eigenvalue weighted by molar-refractivity contribution is 0.188. The van der Waals surface area contributed by atoms with Gasteiger partial charge in [0.1, 0.15) is 0 Å². The van der Waals surface area contributed by atoms with Gasteiger partial charge in [0.15, 0.2) is 11.5 Å². The molecular weight excluding hydrogens is 316 g/mol. The number of fused-ring (bicyclic) bond motifs is 1. The van der Waals surface area contributed by atoms with Crippen LogP contribution in [0.4, 0.5) is 0 Å². The highest BCUT2D eigenvalue weighted by Crippen LogP contribution is 2.33. The maximum absolute atomic E-state index is 12.8. The normalized spacial score (nSPS) is 20.2. The summed E-state index contributed by atoms with van der Waals surface area (Å²) in [5.41, 5.74) is 0. The van der Waals surface area contributed by atoms with E-state index in [0.717, 1.165) is 32.5 Å². The van der Waals surface area contributed by atoms with E-state index < -0.39 is 10.0 Å². The minimum atomic E-state index is -3.47. The maximum atomic E-state index is 12.8. The molecule has 1 saturated heterocycles. The Morgan fingerprint density at radius 2 is 1.74 bits per heavy atom. The highest BCUT2D eigenvalue weighted by atomic mass is 32.2. The van der Waals surface area contributed by atoms with Gasteiger partial charge in [0.05, 0.1) is 18.1 Å². The number of benzene rings is 1. The molecule has 1 aromatic carbocycles. The van der Waals surface area contributed by atoms with E-state index in [-0.39, 0.29) is 4.90 Å². The van der Waals surface area contributed by atoms with Crippen LogP contribution in [0.25, 0.3) is 0 Å². The van der Waals surface area contributed by atoms with Gasteiger partial charge in [-0.25, -0.2) is 8.42 Å². The van der Waals surface area contributed by atoms with Crippen molar-refractivity contribution in [3.63, 3.8) is 0 Å². The second-order valence-corrected chi connectivity index (χ2v) is 7.84. The standard InChI is InChI=1S/C16H24N2O4S/c1-2-6-17-7-9-18(10-8-17)23(19,20)14-4-5-15-16(13-14)22-12-3-11-21-15/h4-5,13H,2-3,6-12H2,1H3. The lowest BCUT2D eigenvalue weighted by Gasteiger charge is -2.33. The Morgan fingerprint density at radius 1 is 1.04 bits per heavy atom. The van der Waals surface area contributed by atoms with E-state index in [0.29, 0.717) is 37.8 Å². The van der Waals surface area contributed by atoms with Crippen LogP contribution in [0.3, 0.4) is 0 Å². The first-order valence-corrected chi connectivity index (χ1v) is 9.67. The zero-order valence-electron chi connectivity index (χ0n) is 13.5. The van der Waals surface area contributed by atoms with Gasteiger partial charge in [-0.15, -0.1) is 0 Å². The van der Waals surface area contributed by atoms with E-state index in [1.807, 2.05) is 0 Å². The lowest BCUT2D eigenvalue weighted by Crippen LogP contribution is -2.48. The number of rotatable bonds is 4. The van der Waals surface area contributed by atoms with Crippen LogP contribution in [0.15, 0.2) is 23.1 Å². The maximum Gasteiger partial charge on any atom is 0.243 e. The van der Waals surface area contributed by atoms with Crippen molar-refractivity contribution >= 4 is 10.0 Å². The fourth-order valence-electron chi connectivity index (χ4n) is 2.96. The van der Waals surface area contributed by atoms with Crippen molar-refractivity contribution in [2.75, 3.05) is 45.9 Å². The molecule has 0 amide bonds. The number of hydrogen-bond donors (Lipinski definition) is 0. The van der Waals surface area contributed by atoms with Crippen molar-refractivity contribution in [2.24, 2.45) is 0 Å². The van der Waals surface area contributed by atoms with Crippen molar-refractivity contribution < 1.29 is 17.9 Å². The summed E-state index contributed by atoms with van der Waals surface area (Å²) in [6.07, 6.45) is 1.89. The number of hydrogen-bond acceptors (Lipinski definition) is 5. The van der Waals surface area contributed by atoms with Gasteiger partial charge in [0.2, 0.25) is 10.0 Å². The van der Waals surface area contributed by atoms with E-state index in [4.69, 9.17) is 9.47 Å². The Bertz CT molecular complexity index is 639. The van der Waals surface area contributed by atoms with Crippen LogP contribution in [0.1, 0.15) is 19.8 Å². The molecule has 7 heteroatoms. The average Bonchev–Trinajstić information content (AvgIpc) is 2.80. The second-order valence-electron chi connectivity index (χ2n) is 5.90. The largest absolute Gasteiger partial charge is 0.490 e. The van der Waals surface area contributed by atoms with Gasteiger partial charge in [-0.1, -0.05) is 6.92 Å². The van der Waals surface area contributed by atoms with Crippen LogP contribution < -0.4 is 9.47 Å². The summed E-state index contributed by atoms with van der Waals surface area (Å²) in [5, 5.41) is 0. The predicted molar refractivity (Wildman–Crippen MR) is 87.5 cm³/mol. The summed E-state index contributed by atoms with van der Waals surface area (Å²) in [5.74, 6) is 1.14. The molecule has 0 spiro atoms. The molecule has 23 heavy (non-hydrogen) atoms. The first kappa shape index (κ1) is 16.5. The van der Waals surface area contributed by atoms with Crippen LogP contribution in [0.2, 0.25) is 0 Å². The van der Waals surface area contributed by atoms with Gasteiger partial charge >= 0.3 is 0 Å². The molecule has 0 N–H and O–H groups in total. The Balaban J connectivity index is 1.76. The van der Waals surface area contributed by atoms with Crippen LogP contribution in [0.5, 0.6) is 11.5 Å². The van der Waals surface area contributed by atoms with Gasteiger partial charge in [-0.05, 0) is 25.1 Å². The van der Waals surface area contributed by atoms with Gasteiger partial charge in [0.25, 0.3) is 0 Å². The third-order valence-corrected chi connectivity index (χ3v) is 6.12. The molecule has 6 nitrogen and oxygen atoms in total. The first-order valence-electron chi connectivity index (χ1n) is 8.23. The Morgan fingerprint density at radius 3 is 2.43 bits per heavy atom. The summed E-state index contributed by atoms with van der Waals surface area (Å²) in [6, 6.07) is 4.90. The highest BCUT2D eigenvalue weighted by Gasteiger charge is 2.29. The average molecular weight is 340 g/mol. The van der Waals surface area contributed by atoms with E-state index in [9.17, 15) is 8.42 Å². The molecule has 3 rings (SSSR count). The zero-order chi connectivity index (χ0) is 16.3. The fraction of sp³-hybridized carbons (Fsp3) is 0.625. The Hall–Kier alpha value is -1.31. The Kier molecular flexibility index (Phi) is 5.08. The minimum absolute atomic E-state index is 0.283. The van der Waals surface area contributed by atoms with Gasteiger partial charge < -0.3 is 14.4 Å². The van der Waals surface area contributed by atoms with Crippen molar-refractivity contribution in [3.05, 3.63) is 18.2 Å². The number of nitrogens with zero attached hydrogens (tertiary/aromatic N) is 2. The molecular formula is C16H24N2O4S. The molecule has 0 aliphatic carbocycles. The summed E-state index contributed by atoms with van der Waals surface area (Å²) < 4.78 is 38.4. The van der Waals surface area contributed by atoms with Crippen molar-refractivity contribution in [1.29, 1.82) is 0 Å². The molecule has 0 aromatic heterocycles. The highest BCUT2D eigenvalue weighted by molar-refractivity contribution is 7.89. The summed E-state index contributed by atoms with van der Waals surface area (Å²) in [7, 11) is -3.47. The fourth-order valence-corrected chi connectivity index (χ4v) is 4.40. The molecule has 1 aromatic rings. The number of ether oxygens (including phenoxy) is 2. The molecule has 1 fully saturated rings. The minimum Gasteiger partial charge on any atom is -0.490 e. The number of sulfonamides is 1. The van der Waals surface area contributed by atoms with Crippen LogP contribution >= 0.6 is 0 Å². The van der Waals surface area contributed by atoms with E-state index in [1.54, 1.807) is 22.5 Å². The van der Waals surface area contributed by atoms with Gasteiger partial charge in [-0.3, -0.25) is 0 Å². The van der Waals surface area contributed by atoms with E-state index in [1.165, 1.54) is 0 Å². The van der Waals surface area contributed by atoms with Crippen molar-refractivity contribution in [2.45, 2.75) is 24.7 Å². The van der Waals surface area contributed by atoms with Crippen LogP contribution in [0, 0.1) is 0 Å². The topological polar surface area (TPSA) is 59.1 Å². The molecule has 2 heterocycles. The van der Waals surface area contributed by atoms with E-state index in [2.05, 4.69) is 11.8 Å². The molecule has 2 aliphatic rings. The first-order chi connectivity index (χ1) is 11.1. The molecule has 128 valence electrons. The summed E-state index contributed by atoms with van der Waals surface area (Å²) in [6.45, 7) is 6.96. The van der Waals surface area contributed by atoms with Crippen molar-refractivity contribution in [3.8, 4) is 11.5 Å². The Labute approximate surface area is 138 Å². The monoisotopic (exact) mass is 340 g/mol. The second kappa shape index (κ2) is 7.07. The molecule has 0 saturated carbocycles. The van der Waals surface area contributed by atoms with Crippen LogP contribution in [-0.4, -0.2) is 63.6 Å². The van der Waals surface area contributed by atoms with Gasteiger partial charge in [-0.2, -0.15) is 4.31 Å². The third kappa shape index (κ3) is 3.62. The SMILES string of the molecule is CCCN1CCN(S(=O)(=O)c2ccc3c(c2)OCCCO3)CC1. The summed E-state index contributed by atoms with van der Waals surface area (Å²) >= 11 is 0. The molecule has 0 atom stereocenters. The number of piperazine rings is 1. The zero-order valence-corrected chi connectivity index (χ0v) is 14.3. The third-order valence-electron chi connectivity index (χ3n) is 4.23. The molecule has 0 bridgehead atoms. The quantitative estimate of drug-likeness (QED) is 0.833. The molecule has 0 unspecified atom stereocenters. The van der Waals surface area contributed by atoms with E-state index >= 15 is 0 Å². The summed E-state index contributed by atoms with van der Waals surface area (Å²) in [4.78, 5) is 2.59.